The molecule has 3 nitrogen and oxygen atoms in total. The minimum atomic E-state index is 0.383. The van der Waals surface area contributed by atoms with Crippen molar-refractivity contribution in [1.29, 1.82) is 0 Å². The van der Waals surface area contributed by atoms with Gasteiger partial charge in [0.15, 0.2) is 0 Å². The normalized spacial score (nSPS) is 24.9. The fourth-order valence-corrected chi connectivity index (χ4v) is 2.36. The summed E-state index contributed by atoms with van der Waals surface area (Å²) in [6.07, 6.45) is 2.25. The summed E-state index contributed by atoms with van der Waals surface area (Å²) in [6, 6.07) is 0.637. The Morgan fingerprint density at radius 2 is 1.62 bits per heavy atom. The van der Waals surface area contributed by atoms with Gasteiger partial charge >= 0.3 is 0 Å². The second-order valence-electron chi connectivity index (χ2n) is 5.62. The molecular weight excluding hydrogens is 200 g/mol. The van der Waals surface area contributed by atoms with Crippen LogP contribution in [-0.4, -0.2) is 47.9 Å². The van der Waals surface area contributed by atoms with E-state index in [1.54, 1.807) is 0 Å². The van der Waals surface area contributed by atoms with E-state index in [0.29, 0.717) is 23.8 Å². The Hall–Kier alpha value is -0.570. The monoisotopic (exact) mass is 224 g/mol. The van der Waals surface area contributed by atoms with E-state index in [1.165, 1.54) is 0 Å². The lowest BCUT2D eigenvalue weighted by molar-refractivity contribution is -0.134. The fraction of sp³-hybridized carbons (Fsp3) is 0.923. The first-order chi connectivity index (χ1) is 7.59. The number of nitrogens with zero attached hydrogens (tertiary/aromatic N) is 2. The van der Waals surface area contributed by atoms with Crippen LogP contribution in [0.2, 0.25) is 0 Å². The molecule has 1 aliphatic carbocycles. The van der Waals surface area contributed by atoms with Crippen molar-refractivity contribution in [3.63, 3.8) is 0 Å². The molecule has 92 valence electrons. The maximum Gasteiger partial charge on any atom is 0.225 e. The van der Waals surface area contributed by atoms with Crippen LogP contribution in [0.25, 0.3) is 0 Å². The number of carbonyl (C=O) groups is 1. The van der Waals surface area contributed by atoms with Gasteiger partial charge in [-0.1, -0.05) is 13.8 Å². The van der Waals surface area contributed by atoms with E-state index in [1.807, 2.05) is 0 Å². The molecule has 0 spiro atoms. The van der Waals surface area contributed by atoms with E-state index in [0.717, 1.165) is 39.0 Å². The summed E-state index contributed by atoms with van der Waals surface area (Å²) in [4.78, 5) is 16.5. The SMILES string of the molecule is CC(C)[C@H](C)N1CCN(C(=O)C2CC2)CC1. The van der Waals surface area contributed by atoms with E-state index in [4.69, 9.17) is 0 Å². The third kappa shape index (κ3) is 2.57. The van der Waals surface area contributed by atoms with E-state index in [2.05, 4.69) is 30.6 Å². The second kappa shape index (κ2) is 4.74. The van der Waals surface area contributed by atoms with Crippen LogP contribution in [0.5, 0.6) is 0 Å². The summed E-state index contributed by atoms with van der Waals surface area (Å²) in [5.74, 6) is 1.50. The molecule has 0 N–H and O–H groups in total. The molecule has 1 amide bonds. The van der Waals surface area contributed by atoms with Gasteiger partial charge in [-0.05, 0) is 25.7 Å². The van der Waals surface area contributed by atoms with Crippen molar-refractivity contribution in [3.8, 4) is 0 Å². The van der Waals surface area contributed by atoms with Crippen LogP contribution in [0.4, 0.5) is 0 Å². The molecule has 3 heteroatoms. The predicted molar refractivity (Wildman–Crippen MR) is 65.2 cm³/mol. The molecule has 0 bridgehead atoms. The number of hydrogen-bond acceptors (Lipinski definition) is 2. The van der Waals surface area contributed by atoms with Crippen molar-refractivity contribution >= 4 is 5.91 Å². The summed E-state index contributed by atoms with van der Waals surface area (Å²) in [6.45, 7) is 10.8. The quantitative estimate of drug-likeness (QED) is 0.727. The standard InChI is InChI=1S/C13H24N2O/c1-10(2)11(3)14-6-8-15(9-7-14)13(16)12-4-5-12/h10-12H,4-9H2,1-3H3/t11-/m0/s1. The number of hydrogen-bond donors (Lipinski definition) is 0. The first-order valence-corrected chi connectivity index (χ1v) is 6.62. The zero-order chi connectivity index (χ0) is 11.7. The van der Waals surface area contributed by atoms with Crippen LogP contribution in [0, 0.1) is 11.8 Å². The van der Waals surface area contributed by atoms with Gasteiger partial charge in [0.25, 0.3) is 0 Å². The lowest BCUT2D eigenvalue weighted by Crippen LogP contribution is -2.52. The van der Waals surface area contributed by atoms with E-state index in [9.17, 15) is 4.79 Å². The van der Waals surface area contributed by atoms with Crippen molar-refractivity contribution in [1.82, 2.24) is 9.80 Å². The molecule has 1 atom stereocenters. The van der Waals surface area contributed by atoms with Crippen LogP contribution in [-0.2, 0) is 4.79 Å². The molecule has 0 radical (unpaired) electrons. The van der Waals surface area contributed by atoms with Gasteiger partial charge in [-0.3, -0.25) is 9.69 Å². The number of rotatable bonds is 3. The smallest absolute Gasteiger partial charge is 0.225 e. The van der Waals surface area contributed by atoms with Crippen molar-refractivity contribution in [2.24, 2.45) is 11.8 Å². The highest BCUT2D eigenvalue weighted by molar-refractivity contribution is 5.81. The van der Waals surface area contributed by atoms with Crippen LogP contribution in [0.1, 0.15) is 33.6 Å². The zero-order valence-electron chi connectivity index (χ0n) is 10.8. The molecule has 0 aromatic rings. The number of piperazine rings is 1. The molecule has 2 aliphatic rings. The van der Waals surface area contributed by atoms with E-state index >= 15 is 0 Å². The Morgan fingerprint density at radius 3 is 2.06 bits per heavy atom. The summed E-state index contributed by atoms with van der Waals surface area (Å²) in [5.41, 5.74) is 0. The highest BCUT2D eigenvalue weighted by atomic mass is 16.2. The average molecular weight is 224 g/mol. The summed E-state index contributed by atoms with van der Waals surface area (Å²) in [7, 11) is 0. The van der Waals surface area contributed by atoms with Crippen molar-refractivity contribution < 1.29 is 4.79 Å². The van der Waals surface area contributed by atoms with Gasteiger partial charge in [-0.25, -0.2) is 0 Å². The topological polar surface area (TPSA) is 23.6 Å². The van der Waals surface area contributed by atoms with Gasteiger partial charge in [0, 0.05) is 38.1 Å². The van der Waals surface area contributed by atoms with Crippen LogP contribution < -0.4 is 0 Å². The van der Waals surface area contributed by atoms with E-state index < -0.39 is 0 Å². The second-order valence-corrected chi connectivity index (χ2v) is 5.62. The fourth-order valence-electron chi connectivity index (χ4n) is 2.36. The molecule has 1 saturated heterocycles. The maximum absolute atomic E-state index is 11.9. The molecule has 1 aliphatic heterocycles. The third-order valence-corrected chi connectivity index (χ3v) is 4.09. The minimum Gasteiger partial charge on any atom is -0.340 e. The molecular formula is C13H24N2O. The molecule has 0 aromatic carbocycles. The molecule has 2 fully saturated rings. The summed E-state index contributed by atoms with van der Waals surface area (Å²) >= 11 is 0. The molecule has 1 saturated carbocycles. The van der Waals surface area contributed by atoms with Gasteiger partial charge in [0.05, 0.1) is 0 Å². The van der Waals surface area contributed by atoms with Gasteiger partial charge in [0.2, 0.25) is 5.91 Å². The van der Waals surface area contributed by atoms with Gasteiger partial charge in [0.1, 0.15) is 0 Å². The van der Waals surface area contributed by atoms with Crippen molar-refractivity contribution in [2.75, 3.05) is 26.2 Å². The molecule has 0 unspecified atom stereocenters. The zero-order valence-corrected chi connectivity index (χ0v) is 10.8. The Labute approximate surface area is 98.8 Å². The molecule has 16 heavy (non-hydrogen) atoms. The molecule has 2 rings (SSSR count). The predicted octanol–water partition coefficient (Wildman–Crippen LogP) is 1.59. The van der Waals surface area contributed by atoms with Crippen molar-refractivity contribution in [2.45, 2.75) is 39.7 Å². The lowest BCUT2D eigenvalue weighted by atomic mass is 10.0. The number of amides is 1. The maximum atomic E-state index is 11.9. The van der Waals surface area contributed by atoms with Gasteiger partial charge in [-0.15, -0.1) is 0 Å². The Bertz CT molecular complexity index is 253. The first-order valence-electron chi connectivity index (χ1n) is 6.62. The van der Waals surface area contributed by atoms with Crippen molar-refractivity contribution in [3.05, 3.63) is 0 Å². The Balaban J connectivity index is 1.79. The Kier molecular flexibility index (Phi) is 3.53. The van der Waals surface area contributed by atoms with E-state index in [-0.39, 0.29) is 0 Å². The average Bonchev–Trinajstić information content (AvgIpc) is 3.11. The summed E-state index contributed by atoms with van der Waals surface area (Å²) in [5, 5.41) is 0. The largest absolute Gasteiger partial charge is 0.340 e. The highest BCUT2D eigenvalue weighted by Gasteiger charge is 2.35. The van der Waals surface area contributed by atoms with Crippen LogP contribution in [0.15, 0.2) is 0 Å². The highest BCUT2D eigenvalue weighted by Crippen LogP contribution is 2.31. The molecule has 0 aromatic heterocycles. The van der Waals surface area contributed by atoms with Gasteiger partial charge in [-0.2, -0.15) is 0 Å². The minimum absolute atomic E-state index is 0.383. The number of carbonyl (C=O) groups excluding carboxylic acids is 1. The Morgan fingerprint density at radius 1 is 1.06 bits per heavy atom. The third-order valence-electron chi connectivity index (χ3n) is 4.09. The molecule has 1 heterocycles. The van der Waals surface area contributed by atoms with Crippen LogP contribution in [0.3, 0.4) is 0 Å². The lowest BCUT2D eigenvalue weighted by Gasteiger charge is -2.39. The van der Waals surface area contributed by atoms with Crippen LogP contribution >= 0.6 is 0 Å². The summed E-state index contributed by atoms with van der Waals surface area (Å²) < 4.78 is 0. The van der Waals surface area contributed by atoms with Gasteiger partial charge < -0.3 is 4.90 Å². The first kappa shape index (κ1) is 11.9.